The topological polar surface area (TPSA) is 70.7 Å². The van der Waals surface area contributed by atoms with Crippen LogP contribution >= 0.6 is 0 Å². The second-order valence-electron chi connectivity index (χ2n) is 7.62. The van der Waals surface area contributed by atoms with Gasteiger partial charge >= 0.3 is 0 Å². The van der Waals surface area contributed by atoms with Crippen molar-refractivity contribution in [2.24, 2.45) is 0 Å². The Hall–Kier alpha value is -3.55. The molecule has 0 fully saturated rings. The van der Waals surface area contributed by atoms with Gasteiger partial charge in [0.25, 0.3) is 0 Å². The Bertz CT molecular complexity index is 1240. The van der Waals surface area contributed by atoms with Crippen molar-refractivity contribution >= 4 is 0 Å². The molecule has 0 N–H and O–H groups in total. The van der Waals surface area contributed by atoms with Crippen LogP contribution in [0.3, 0.4) is 0 Å². The molecule has 0 saturated heterocycles. The van der Waals surface area contributed by atoms with E-state index in [0.29, 0.717) is 24.5 Å². The average Bonchev–Trinajstić information content (AvgIpc) is 3.27. The molecule has 4 heterocycles. The van der Waals surface area contributed by atoms with E-state index in [1.54, 1.807) is 6.20 Å². The summed E-state index contributed by atoms with van der Waals surface area (Å²) in [7, 11) is 0. The number of pyridine rings is 1. The van der Waals surface area contributed by atoms with E-state index in [1.165, 1.54) is 12.3 Å². The molecule has 7 nitrogen and oxygen atoms in total. The van der Waals surface area contributed by atoms with Crippen molar-refractivity contribution in [2.45, 2.75) is 33.4 Å². The Kier molecular flexibility index (Phi) is 4.34. The van der Waals surface area contributed by atoms with Crippen LogP contribution in [0.15, 0.2) is 42.9 Å². The summed E-state index contributed by atoms with van der Waals surface area (Å²) in [6, 6.07) is 7.45. The fraction of sp³-hybridized carbons (Fsp3) is 0.273. The van der Waals surface area contributed by atoms with Crippen LogP contribution in [0.4, 0.5) is 4.39 Å². The highest BCUT2D eigenvalue weighted by Gasteiger charge is 2.22. The molecule has 5 rings (SSSR count). The number of hydrogen-bond donors (Lipinski definition) is 0. The molecule has 4 aromatic rings. The maximum Gasteiger partial charge on any atom is 0.178 e. The first-order chi connectivity index (χ1) is 14.5. The molecule has 1 aliphatic rings. The molecule has 0 atom stereocenters. The Labute approximate surface area is 173 Å². The summed E-state index contributed by atoms with van der Waals surface area (Å²) in [6.07, 6.45) is 4.83. The number of benzene rings is 1. The number of ether oxygens (including phenoxy) is 1. The molecule has 30 heavy (non-hydrogen) atoms. The minimum Gasteiger partial charge on any atom is -0.491 e. The molecule has 1 aliphatic heterocycles. The fourth-order valence-electron chi connectivity index (χ4n) is 3.70. The van der Waals surface area contributed by atoms with Gasteiger partial charge in [0, 0.05) is 24.0 Å². The molecule has 8 heteroatoms. The van der Waals surface area contributed by atoms with Crippen LogP contribution in [0.25, 0.3) is 34.0 Å². The minimum atomic E-state index is -0.367. The van der Waals surface area contributed by atoms with Crippen LogP contribution < -0.4 is 4.74 Å². The first kappa shape index (κ1) is 18.5. The summed E-state index contributed by atoms with van der Waals surface area (Å²) >= 11 is 0. The van der Waals surface area contributed by atoms with E-state index in [4.69, 9.17) is 9.72 Å². The lowest BCUT2D eigenvalue weighted by atomic mass is 10.0. The van der Waals surface area contributed by atoms with Crippen LogP contribution in [0.1, 0.15) is 25.7 Å². The SMILES string of the molecule is Cc1nc(-c2cn3c(n2)-c2ccc(-c4cncc(F)c4)cc2OCC3)n(C(C)C)n1. The monoisotopic (exact) mass is 404 g/mol. The van der Waals surface area contributed by atoms with E-state index < -0.39 is 0 Å². The number of aromatic nitrogens is 6. The first-order valence-electron chi connectivity index (χ1n) is 9.88. The number of nitrogens with zero attached hydrogens (tertiary/aromatic N) is 6. The van der Waals surface area contributed by atoms with Gasteiger partial charge in [-0.15, -0.1) is 0 Å². The van der Waals surface area contributed by atoms with Gasteiger partial charge in [-0.2, -0.15) is 5.10 Å². The van der Waals surface area contributed by atoms with E-state index in [1.807, 2.05) is 36.0 Å². The highest BCUT2D eigenvalue weighted by Crippen LogP contribution is 2.36. The summed E-state index contributed by atoms with van der Waals surface area (Å²) in [5.41, 5.74) is 3.22. The zero-order valence-corrected chi connectivity index (χ0v) is 17.0. The van der Waals surface area contributed by atoms with E-state index in [-0.39, 0.29) is 11.9 Å². The Morgan fingerprint density at radius 1 is 1.07 bits per heavy atom. The Morgan fingerprint density at radius 3 is 2.73 bits per heavy atom. The van der Waals surface area contributed by atoms with Crippen LogP contribution in [0.5, 0.6) is 5.75 Å². The molecule has 0 saturated carbocycles. The number of rotatable bonds is 3. The summed E-state index contributed by atoms with van der Waals surface area (Å²) in [5.74, 6) is 2.65. The smallest absolute Gasteiger partial charge is 0.178 e. The van der Waals surface area contributed by atoms with Crippen molar-refractivity contribution in [3.63, 3.8) is 0 Å². The molecule has 0 radical (unpaired) electrons. The molecule has 0 unspecified atom stereocenters. The van der Waals surface area contributed by atoms with Gasteiger partial charge in [0.15, 0.2) is 5.82 Å². The number of halogens is 1. The van der Waals surface area contributed by atoms with Gasteiger partial charge in [0.05, 0.1) is 18.3 Å². The fourth-order valence-corrected chi connectivity index (χ4v) is 3.70. The third kappa shape index (κ3) is 3.14. The van der Waals surface area contributed by atoms with E-state index >= 15 is 0 Å². The number of aryl methyl sites for hydroxylation is 1. The molecule has 0 aliphatic carbocycles. The number of fused-ring (bicyclic) bond motifs is 3. The average molecular weight is 404 g/mol. The third-order valence-corrected chi connectivity index (χ3v) is 5.08. The van der Waals surface area contributed by atoms with Crippen LogP contribution in [-0.2, 0) is 6.54 Å². The van der Waals surface area contributed by atoms with Crippen LogP contribution in [0.2, 0.25) is 0 Å². The van der Waals surface area contributed by atoms with Crippen molar-refractivity contribution in [2.75, 3.05) is 6.61 Å². The highest BCUT2D eigenvalue weighted by molar-refractivity contribution is 5.74. The lowest BCUT2D eigenvalue weighted by Crippen LogP contribution is -2.06. The standard InChI is InChI=1S/C22H21FN6O/c1-13(2)29-22(25-14(3)27-29)19-12-28-6-7-30-20-9-15(4-5-18(20)21(28)26-19)16-8-17(23)11-24-10-16/h4-5,8-13H,6-7H2,1-3H3. The lowest BCUT2D eigenvalue weighted by molar-refractivity contribution is 0.307. The second kappa shape index (κ2) is 7.05. The zero-order chi connectivity index (χ0) is 20.8. The van der Waals surface area contributed by atoms with Gasteiger partial charge in [-0.25, -0.2) is 19.0 Å². The Balaban J connectivity index is 1.60. The molecule has 0 bridgehead atoms. The Morgan fingerprint density at radius 2 is 1.93 bits per heavy atom. The maximum atomic E-state index is 13.6. The van der Waals surface area contributed by atoms with Crippen molar-refractivity contribution in [3.8, 4) is 39.8 Å². The molecule has 0 spiro atoms. The highest BCUT2D eigenvalue weighted by atomic mass is 19.1. The number of imidazole rings is 1. The molecule has 0 amide bonds. The summed E-state index contributed by atoms with van der Waals surface area (Å²) in [5, 5.41) is 4.50. The predicted octanol–water partition coefficient (Wildman–Crippen LogP) is 4.29. The van der Waals surface area contributed by atoms with Gasteiger partial charge in [-0.3, -0.25) is 4.98 Å². The zero-order valence-electron chi connectivity index (χ0n) is 17.0. The molecule has 1 aromatic carbocycles. The largest absolute Gasteiger partial charge is 0.491 e. The van der Waals surface area contributed by atoms with E-state index in [2.05, 4.69) is 33.5 Å². The minimum absolute atomic E-state index is 0.181. The molecule has 152 valence electrons. The molecular weight excluding hydrogens is 383 g/mol. The second-order valence-corrected chi connectivity index (χ2v) is 7.62. The van der Waals surface area contributed by atoms with Crippen molar-refractivity contribution in [3.05, 3.63) is 54.5 Å². The third-order valence-electron chi connectivity index (χ3n) is 5.08. The summed E-state index contributed by atoms with van der Waals surface area (Å²) in [6.45, 7) is 7.21. The van der Waals surface area contributed by atoms with Gasteiger partial charge < -0.3 is 9.30 Å². The lowest BCUT2D eigenvalue weighted by Gasteiger charge is -2.09. The first-order valence-corrected chi connectivity index (χ1v) is 9.88. The van der Waals surface area contributed by atoms with Gasteiger partial charge in [0.2, 0.25) is 0 Å². The number of hydrogen-bond acceptors (Lipinski definition) is 5. The van der Waals surface area contributed by atoms with Crippen LogP contribution in [0, 0.1) is 12.7 Å². The van der Waals surface area contributed by atoms with Crippen LogP contribution in [-0.4, -0.2) is 35.9 Å². The molecule has 3 aromatic heterocycles. The summed E-state index contributed by atoms with van der Waals surface area (Å²) in [4.78, 5) is 13.4. The van der Waals surface area contributed by atoms with Gasteiger partial charge in [-0.1, -0.05) is 6.07 Å². The van der Waals surface area contributed by atoms with Gasteiger partial charge in [0.1, 0.15) is 35.5 Å². The summed E-state index contributed by atoms with van der Waals surface area (Å²) < 4.78 is 23.6. The van der Waals surface area contributed by atoms with Gasteiger partial charge in [-0.05, 0) is 44.5 Å². The predicted molar refractivity (Wildman–Crippen MR) is 110 cm³/mol. The van der Waals surface area contributed by atoms with E-state index in [0.717, 1.165) is 34.3 Å². The quantitative estimate of drug-likeness (QED) is 0.509. The van der Waals surface area contributed by atoms with Crippen molar-refractivity contribution in [1.82, 2.24) is 29.3 Å². The van der Waals surface area contributed by atoms with Crippen molar-refractivity contribution in [1.29, 1.82) is 0 Å². The molecular formula is C22H21FN6O. The van der Waals surface area contributed by atoms with E-state index in [9.17, 15) is 4.39 Å². The normalized spacial score (nSPS) is 13.0. The maximum absolute atomic E-state index is 13.6. The van der Waals surface area contributed by atoms with Crippen molar-refractivity contribution < 1.29 is 9.13 Å².